The first-order chi connectivity index (χ1) is 10.2. The maximum Gasteiger partial charge on any atom is 0.321 e. The summed E-state index contributed by atoms with van der Waals surface area (Å²) in [5.41, 5.74) is 1.13. The molecule has 0 radical (unpaired) electrons. The standard InChI is InChI=1S/C18H30O3/c1-3-5-7-8-9-10-11-13-15(12-6-4-2)16-14-17(19)21-18(16)20/h13,16H,3-12,14H2,1-2H3. The number of allylic oxidation sites excluding steroid dienone is 1. The van der Waals surface area contributed by atoms with Gasteiger partial charge in [-0.25, -0.2) is 0 Å². The molecule has 3 heteroatoms. The Morgan fingerprint density at radius 1 is 1.05 bits per heavy atom. The van der Waals surface area contributed by atoms with E-state index in [2.05, 4.69) is 24.7 Å². The lowest BCUT2D eigenvalue weighted by Gasteiger charge is -2.11. The van der Waals surface area contributed by atoms with E-state index in [1.54, 1.807) is 0 Å². The molecule has 1 atom stereocenters. The van der Waals surface area contributed by atoms with Gasteiger partial charge in [0.1, 0.15) is 0 Å². The van der Waals surface area contributed by atoms with E-state index in [-0.39, 0.29) is 24.3 Å². The first kappa shape index (κ1) is 17.9. The largest absolute Gasteiger partial charge is 0.393 e. The lowest BCUT2D eigenvalue weighted by Crippen LogP contribution is -2.11. The van der Waals surface area contributed by atoms with E-state index in [0.29, 0.717) is 0 Å². The van der Waals surface area contributed by atoms with E-state index >= 15 is 0 Å². The fourth-order valence-corrected chi connectivity index (χ4v) is 2.77. The van der Waals surface area contributed by atoms with Crippen LogP contribution < -0.4 is 0 Å². The molecule has 1 aliphatic rings. The van der Waals surface area contributed by atoms with E-state index < -0.39 is 0 Å². The van der Waals surface area contributed by atoms with Crippen LogP contribution >= 0.6 is 0 Å². The van der Waals surface area contributed by atoms with Gasteiger partial charge in [-0.05, 0) is 25.7 Å². The predicted octanol–water partition coefficient (Wildman–Crippen LogP) is 4.94. The maximum absolute atomic E-state index is 11.7. The van der Waals surface area contributed by atoms with Crippen molar-refractivity contribution in [3.8, 4) is 0 Å². The number of ether oxygens (including phenoxy) is 1. The molecule has 0 N–H and O–H groups in total. The average Bonchev–Trinajstić information content (AvgIpc) is 2.80. The number of hydrogen-bond donors (Lipinski definition) is 0. The Morgan fingerprint density at radius 2 is 1.71 bits per heavy atom. The van der Waals surface area contributed by atoms with Crippen LogP contribution in [0.5, 0.6) is 0 Å². The molecule has 0 aliphatic carbocycles. The SMILES string of the molecule is CCCCCCCCC=C(CCCC)C1CC(=O)OC1=O. The van der Waals surface area contributed by atoms with Gasteiger partial charge in [0, 0.05) is 0 Å². The predicted molar refractivity (Wildman–Crippen MR) is 84.8 cm³/mol. The van der Waals surface area contributed by atoms with Crippen molar-refractivity contribution in [2.75, 3.05) is 0 Å². The molecule has 3 nitrogen and oxygen atoms in total. The number of rotatable bonds is 11. The van der Waals surface area contributed by atoms with Crippen molar-refractivity contribution in [1.82, 2.24) is 0 Å². The zero-order valence-corrected chi connectivity index (χ0v) is 13.7. The highest BCUT2D eigenvalue weighted by Crippen LogP contribution is 2.28. The van der Waals surface area contributed by atoms with E-state index in [0.717, 1.165) is 31.3 Å². The normalized spacial score (nSPS) is 19.1. The molecule has 120 valence electrons. The van der Waals surface area contributed by atoms with E-state index in [9.17, 15) is 9.59 Å². The number of cyclic esters (lactones) is 2. The minimum Gasteiger partial charge on any atom is -0.393 e. The molecule has 0 amide bonds. The van der Waals surface area contributed by atoms with Crippen molar-refractivity contribution in [3.63, 3.8) is 0 Å². The van der Waals surface area contributed by atoms with Crippen LogP contribution in [0.2, 0.25) is 0 Å². The smallest absolute Gasteiger partial charge is 0.321 e. The lowest BCUT2D eigenvalue weighted by atomic mass is 9.91. The number of carbonyl (C=O) groups is 2. The molecule has 1 heterocycles. The van der Waals surface area contributed by atoms with Gasteiger partial charge in [-0.3, -0.25) is 9.59 Å². The summed E-state index contributed by atoms with van der Waals surface area (Å²) in [6.45, 7) is 4.37. The summed E-state index contributed by atoms with van der Waals surface area (Å²) >= 11 is 0. The average molecular weight is 294 g/mol. The van der Waals surface area contributed by atoms with Crippen molar-refractivity contribution in [3.05, 3.63) is 11.6 Å². The van der Waals surface area contributed by atoms with Crippen molar-refractivity contribution >= 4 is 11.9 Å². The lowest BCUT2D eigenvalue weighted by molar-refractivity contribution is -0.152. The fourth-order valence-electron chi connectivity index (χ4n) is 2.77. The third kappa shape index (κ3) is 6.92. The van der Waals surface area contributed by atoms with Crippen LogP contribution in [0.3, 0.4) is 0 Å². The van der Waals surface area contributed by atoms with Crippen LogP contribution in [0.4, 0.5) is 0 Å². The van der Waals surface area contributed by atoms with Crippen LogP contribution in [-0.4, -0.2) is 11.9 Å². The molecule has 0 saturated carbocycles. The van der Waals surface area contributed by atoms with E-state index in [1.807, 2.05) is 0 Å². The van der Waals surface area contributed by atoms with Crippen LogP contribution in [0.1, 0.15) is 84.5 Å². The van der Waals surface area contributed by atoms with Gasteiger partial charge < -0.3 is 4.74 Å². The Balaban J connectivity index is 2.39. The molecule has 1 aliphatic heterocycles. The summed E-state index contributed by atoms with van der Waals surface area (Å²) in [7, 11) is 0. The quantitative estimate of drug-likeness (QED) is 0.234. The van der Waals surface area contributed by atoms with Crippen molar-refractivity contribution in [1.29, 1.82) is 0 Å². The summed E-state index contributed by atoms with van der Waals surface area (Å²) in [4.78, 5) is 23.0. The molecular weight excluding hydrogens is 264 g/mol. The Hall–Kier alpha value is -1.12. The van der Waals surface area contributed by atoms with Crippen molar-refractivity contribution in [2.45, 2.75) is 84.5 Å². The van der Waals surface area contributed by atoms with Gasteiger partial charge in [0.25, 0.3) is 0 Å². The van der Waals surface area contributed by atoms with E-state index in [4.69, 9.17) is 0 Å². The second kappa shape index (κ2) is 10.6. The Labute approximate surface area is 129 Å². The summed E-state index contributed by atoms with van der Waals surface area (Å²) in [6.07, 6.45) is 14.2. The zero-order chi connectivity index (χ0) is 15.5. The number of carbonyl (C=O) groups excluding carboxylic acids is 2. The molecule has 0 aromatic rings. The van der Waals surface area contributed by atoms with Gasteiger partial charge in [-0.1, -0.05) is 64.0 Å². The third-order valence-electron chi connectivity index (χ3n) is 4.10. The highest BCUT2D eigenvalue weighted by Gasteiger charge is 2.35. The second-order valence-corrected chi connectivity index (χ2v) is 5.99. The minimum absolute atomic E-state index is 0.241. The molecule has 1 unspecified atom stereocenters. The third-order valence-corrected chi connectivity index (χ3v) is 4.10. The zero-order valence-electron chi connectivity index (χ0n) is 13.7. The van der Waals surface area contributed by atoms with Gasteiger partial charge in [0.15, 0.2) is 0 Å². The molecule has 1 fully saturated rings. The Morgan fingerprint density at radius 3 is 2.33 bits per heavy atom. The summed E-state index contributed by atoms with van der Waals surface area (Å²) in [5, 5.41) is 0. The van der Waals surface area contributed by atoms with Gasteiger partial charge in [0.05, 0.1) is 12.3 Å². The van der Waals surface area contributed by atoms with Crippen LogP contribution in [0, 0.1) is 5.92 Å². The number of hydrogen-bond acceptors (Lipinski definition) is 3. The van der Waals surface area contributed by atoms with Gasteiger partial charge in [-0.2, -0.15) is 0 Å². The monoisotopic (exact) mass is 294 g/mol. The molecule has 0 bridgehead atoms. The fraction of sp³-hybridized carbons (Fsp3) is 0.778. The maximum atomic E-state index is 11.7. The van der Waals surface area contributed by atoms with E-state index in [1.165, 1.54) is 38.5 Å². The van der Waals surface area contributed by atoms with Crippen LogP contribution in [0.25, 0.3) is 0 Å². The molecule has 21 heavy (non-hydrogen) atoms. The Kier molecular flexibility index (Phi) is 9.04. The molecule has 0 aromatic carbocycles. The molecule has 0 spiro atoms. The van der Waals surface area contributed by atoms with Gasteiger partial charge in [-0.15, -0.1) is 0 Å². The van der Waals surface area contributed by atoms with Gasteiger partial charge >= 0.3 is 11.9 Å². The van der Waals surface area contributed by atoms with Gasteiger partial charge in [0.2, 0.25) is 0 Å². The molecular formula is C18H30O3. The molecule has 0 aromatic heterocycles. The summed E-state index contributed by atoms with van der Waals surface area (Å²) < 4.78 is 4.69. The number of esters is 2. The highest BCUT2D eigenvalue weighted by atomic mass is 16.6. The molecule has 1 rings (SSSR count). The summed E-state index contributed by atoms with van der Waals surface area (Å²) in [6, 6.07) is 0. The van der Waals surface area contributed by atoms with Crippen molar-refractivity contribution in [2.24, 2.45) is 5.92 Å². The summed E-state index contributed by atoms with van der Waals surface area (Å²) in [5.74, 6) is -1.01. The first-order valence-electron chi connectivity index (χ1n) is 8.62. The topological polar surface area (TPSA) is 43.4 Å². The highest BCUT2D eigenvalue weighted by molar-refractivity contribution is 5.96. The molecule has 1 saturated heterocycles. The Bertz CT molecular complexity index is 357. The first-order valence-corrected chi connectivity index (χ1v) is 8.62. The number of unbranched alkanes of at least 4 members (excludes halogenated alkanes) is 7. The van der Waals surface area contributed by atoms with Crippen molar-refractivity contribution < 1.29 is 14.3 Å². The second-order valence-electron chi connectivity index (χ2n) is 5.99. The van der Waals surface area contributed by atoms with Crippen LogP contribution in [-0.2, 0) is 14.3 Å². The van der Waals surface area contributed by atoms with Crippen LogP contribution in [0.15, 0.2) is 11.6 Å². The minimum atomic E-state index is -0.369.